The lowest BCUT2D eigenvalue weighted by atomic mass is 9.97. The summed E-state index contributed by atoms with van der Waals surface area (Å²) in [6, 6.07) is 15.9. The van der Waals surface area contributed by atoms with Crippen LogP contribution in [-0.2, 0) is 5.60 Å². The number of benzene rings is 2. The third kappa shape index (κ3) is 4.92. The number of nitrogens with one attached hydrogen (secondary N) is 1. The van der Waals surface area contributed by atoms with Gasteiger partial charge >= 0.3 is 6.36 Å². The smallest absolute Gasteiger partial charge is 0.406 e. The number of pyridine rings is 1. The molecule has 3 aromatic heterocycles. The number of hydrogen-bond acceptors (Lipinski definition) is 5. The van der Waals surface area contributed by atoms with Gasteiger partial charge in [0.05, 0.1) is 28.2 Å². The Kier molecular flexibility index (Phi) is 6.02. The molecule has 4 heterocycles. The van der Waals surface area contributed by atoms with Crippen LogP contribution in [0.15, 0.2) is 67.0 Å². The van der Waals surface area contributed by atoms with Gasteiger partial charge in [0, 0.05) is 36.4 Å². The van der Waals surface area contributed by atoms with E-state index in [1.54, 1.807) is 32.2 Å². The van der Waals surface area contributed by atoms with E-state index in [-0.39, 0.29) is 11.8 Å². The Balaban J connectivity index is 1.30. The molecule has 0 bridgehead atoms. The number of imidazole rings is 1. The maximum absolute atomic E-state index is 12.5. The molecule has 0 aliphatic carbocycles. The van der Waals surface area contributed by atoms with Crippen molar-refractivity contribution in [2.24, 2.45) is 0 Å². The number of aromatic amines is 1. The normalized spacial score (nSPS) is 16.8. The lowest BCUT2D eigenvalue weighted by Gasteiger charge is -2.34. The number of halogens is 3. The second kappa shape index (κ2) is 9.30. The number of ether oxygens (including phenoxy) is 1. The molecule has 5 aromatic rings. The van der Waals surface area contributed by atoms with E-state index in [0.717, 1.165) is 59.2 Å². The minimum absolute atomic E-state index is 0.152. The van der Waals surface area contributed by atoms with E-state index in [9.17, 15) is 18.3 Å². The Hall–Kier alpha value is -4.05. The Morgan fingerprint density at radius 2 is 1.85 bits per heavy atom. The van der Waals surface area contributed by atoms with Crippen LogP contribution in [0.2, 0.25) is 0 Å². The van der Waals surface area contributed by atoms with Gasteiger partial charge in [0.2, 0.25) is 0 Å². The molecular weight excluding hydrogens is 507 g/mol. The van der Waals surface area contributed by atoms with Crippen LogP contribution in [0.5, 0.6) is 5.75 Å². The molecule has 1 saturated heterocycles. The average Bonchev–Trinajstić information content (AvgIpc) is 3.51. The third-order valence-electron chi connectivity index (χ3n) is 7.28. The minimum Gasteiger partial charge on any atom is -0.406 e. The van der Waals surface area contributed by atoms with Crippen LogP contribution in [0.3, 0.4) is 0 Å². The maximum atomic E-state index is 12.5. The number of anilines is 1. The molecule has 0 amide bonds. The van der Waals surface area contributed by atoms with Gasteiger partial charge in [0.15, 0.2) is 0 Å². The molecule has 1 aliphatic rings. The van der Waals surface area contributed by atoms with E-state index in [4.69, 9.17) is 4.98 Å². The van der Waals surface area contributed by atoms with E-state index in [1.807, 2.05) is 24.4 Å². The van der Waals surface area contributed by atoms with Gasteiger partial charge in [0.1, 0.15) is 17.4 Å². The third-order valence-corrected chi connectivity index (χ3v) is 7.28. The van der Waals surface area contributed by atoms with Gasteiger partial charge < -0.3 is 24.3 Å². The van der Waals surface area contributed by atoms with E-state index in [1.165, 1.54) is 12.1 Å². The number of fused-ring (bicyclic) bond motifs is 3. The monoisotopic (exact) mass is 535 g/mol. The van der Waals surface area contributed by atoms with Crippen molar-refractivity contribution in [3.63, 3.8) is 0 Å². The molecule has 39 heavy (non-hydrogen) atoms. The lowest BCUT2D eigenvalue weighted by molar-refractivity contribution is -0.274. The highest BCUT2D eigenvalue weighted by Gasteiger charge is 2.31. The Labute approximate surface area is 222 Å². The van der Waals surface area contributed by atoms with Crippen LogP contribution >= 0.6 is 0 Å². The number of H-pyrrole nitrogens is 1. The van der Waals surface area contributed by atoms with Crippen LogP contribution in [-0.4, -0.2) is 44.1 Å². The van der Waals surface area contributed by atoms with E-state index < -0.39 is 12.0 Å². The number of piperidine rings is 1. The van der Waals surface area contributed by atoms with Crippen LogP contribution in [0.1, 0.15) is 38.3 Å². The van der Waals surface area contributed by atoms with Crippen molar-refractivity contribution in [2.45, 2.75) is 44.7 Å². The van der Waals surface area contributed by atoms with E-state index in [2.05, 4.69) is 36.3 Å². The molecule has 7 nitrogen and oxygen atoms in total. The van der Waals surface area contributed by atoms with Gasteiger partial charge in [-0.25, -0.2) is 4.98 Å². The summed E-state index contributed by atoms with van der Waals surface area (Å²) in [5, 5.41) is 11.7. The molecule has 0 radical (unpaired) electrons. The van der Waals surface area contributed by atoms with Crippen molar-refractivity contribution in [2.75, 3.05) is 18.0 Å². The molecular formula is C29H28F3N5O2. The fourth-order valence-corrected chi connectivity index (χ4v) is 5.44. The summed E-state index contributed by atoms with van der Waals surface area (Å²) in [5.41, 5.74) is 3.57. The summed E-state index contributed by atoms with van der Waals surface area (Å²) >= 11 is 0. The first kappa shape index (κ1) is 25.2. The molecule has 202 valence electrons. The molecule has 1 atom stereocenters. The van der Waals surface area contributed by atoms with Gasteiger partial charge in [-0.2, -0.15) is 0 Å². The zero-order valence-corrected chi connectivity index (χ0v) is 21.5. The summed E-state index contributed by atoms with van der Waals surface area (Å²) in [4.78, 5) is 14.8. The highest BCUT2D eigenvalue weighted by Crippen LogP contribution is 2.37. The van der Waals surface area contributed by atoms with E-state index in [0.29, 0.717) is 11.4 Å². The molecule has 1 fully saturated rings. The Morgan fingerprint density at radius 1 is 1.05 bits per heavy atom. The second-order valence-corrected chi connectivity index (χ2v) is 10.5. The fourth-order valence-electron chi connectivity index (χ4n) is 5.44. The van der Waals surface area contributed by atoms with Crippen molar-refractivity contribution >= 4 is 27.8 Å². The summed E-state index contributed by atoms with van der Waals surface area (Å²) in [6.45, 7) is 5.13. The topological polar surface area (TPSA) is 79.2 Å². The number of aliphatic hydroxyl groups is 1. The van der Waals surface area contributed by atoms with Crippen LogP contribution in [0.25, 0.3) is 33.3 Å². The quantitative estimate of drug-likeness (QED) is 0.267. The molecule has 0 saturated carbocycles. The van der Waals surface area contributed by atoms with Crippen LogP contribution in [0, 0.1) is 0 Å². The predicted molar refractivity (Wildman–Crippen MR) is 144 cm³/mol. The van der Waals surface area contributed by atoms with Crippen molar-refractivity contribution < 1.29 is 23.0 Å². The summed E-state index contributed by atoms with van der Waals surface area (Å²) in [6.07, 6.45) is 0.845. The highest BCUT2D eigenvalue weighted by molar-refractivity contribution is 6.06. The first-order valence-corrected chi connectivity index (χ1v) is 12.8. The average molecular weight is 536 g/mol. The Bertz CT molecular complexity index is 1630. The van der Waals surface area contributed by atoms with Gasteiger partial charge in [0.25, 0.3) is 0 Å². The molecule has 10 heteroatoms. The van der Waals surface area contributed by atoms with Crippen molar-refractivity contribution in [1.29, 1.82) is 0 Å². The zero-order valence-electron chi connectivity index (χ0n) is 21.5. The summed E-state index contributed by atoms with van der Waals surface area (Å²) < 4.78 is 43.8. The SMILES string of the molecule is CC(C)(O)c1ccc2c3ncccc3n(C3CCCN(c4c[nH]c(-c5ccc(OC(F)(F)F)cc5)n4)C3)c2c1. The first-order chi connectivity index (χ1) is 18.6. The summed E-state index contributed by atoms with van der Waals surface area (Å²) in [5.74, 6) is 1.08. The minimum atomic E-state index is -4.73. The van der Waals surface area contributed by atoms with Crippen molar-refractivity contribution in [3.05, 3.63) is 72.6 Å². The lowest BCUT2D eigenvalue weighted by Crippen LogP contribution is -2.36. The summed E-state index contributed by atoms with van der Waals surface area (Å²) in [7, 11) is 0. The molecule has 6 rings (SSSR count). The van der Waals surface area contributed by atoms with Gasteiger partial charge in [-0.3, -0.25) is 4.98 Å². The molecule has 0 spiro atoms. The zero-order chi connectivity index (χ0) is 27.4. The first-order valence-electron chi connectivity index (χ1n) is 12.8. The Morgan fingerprint density at radius 3 is 2.59 bits per heavy atom. The largest absolute Gasteiger partial charge is 0.573 e. The molecule has 2 N–H and O–H groups in total. The number of nitrogens with zero attached hydrogens (tertiary/aromatic N) is 4. The molecule has 1 unspecified atom stereocenters. The highest BCUT2D eigenvalue weighted by atomic mass is 19.4. The number of hydrogen-bond donors (Lipinski definition) is 2. The predicted octanol–water partition coefficient (Wildman–Crippen LogP) is 6.55. The number of aromatic nitrogens is 4. The van der Waals surface area contributed by atoms with Gasteiger partial charge in [-0.1, -0.05) is 12.1 Å². The second-order valence-electron chi connectivity index (χ2n) is 10.5. The van der Waals surface area contributed by atoms with Gasteiger partial charge in [-0.15, -0.1) is 13.2 Å². The molecule has 1 aliphatic heterocycles. The number of alkyl halides is 3. The van der Waals surface area contributed by atoms with Crippen LogP contribution in [0.4, 0.5) is 19.0 Å². The van der Waals surface area contributed by atoms with Crippen molar-refractivity contribution in [1.82, 2.24) is 19.5 Å². The molecule has 2 aromatic carbocycles. The van der Waals surface area contributed by atoms with Gasteiger partial charge in [-0.05, 0) is 74.7 Å². The standard InChI is InChI=1S/C29H28F3N5O2/c1-28(2,38)19-9-12-22-24(15-19)37(23-6-3-13-33-26(22)23)20-5-4-14-36(17-20)25-16-34-27(35-25)18-7-10-21(11-8-18)39-29(30,31)32/h3,6-13,15-16,20,38H,4-5,14,17H2,1-2H3,(H,34,35). The number of rotatable bonds is 5. The van der Waals surface area contributed by atoms with Crippen molar-refractivity contribution in [3.8, 4) is 17.1 Å². The van der Waals surface area contributed by atoms with E-state index >= 15 is 0 Å². The fraction of sp³-hybridized carbons (Fsp3) is 0.310. The maximum Gasteiger partial charge on any atom is 0.573 e. The van der Waals surface area contributed by atoms with Crippen LogP contribution < -0.4 is 9.64 Å².